The summed E-state index contributed by atoms with van der Waals surface area (Å²) in [5, 5.41) is 11.0. The Bertz CT molecular complexity index is 855. The number of hydrogen-bond donors (Lipinski definition) is 0. The average molecular weight is 402 g/mol. The van der Waals surface area contributed by atoms with Gasteiger partial charge in [-0.25, -0.2) is 8.42 Å². The predicted molar refractivity (Wildman–Crippen MR) is 94.4 cm³/mol. The fraction of sp³-hybridized carbons (Fsp3) is 0.400. The number of aliphatic imine (C=N–C) groups is 1. The van der Waals surface area contributed by atoms with Crippen molar-refractivity contribution in [3.05, 3.63) is 29.3 Å². The van der Waals surface area contributed by atoms with Gasteiger partial charge in [-0.15, -0.1) is 0 Å². The standard InChI is InChI=1S/C15H15ClN2O5S2/c16-9-3-1-2-4-10(9)18-11-7-25(22,23)8-12(11)24-15(18)17-13(19)5-6-14(20)21/h1-4,11-12H,5-8H2,(H,20,21)/p-1/t11-,12-/m0/s1. The van der Waals surface area contributed by atoms with Gasteiger partial charge in [-0.05, 0) is 18.6 Å². The SMILES string of the molecule is O=C([O-])CCC(=O)N=C1S[C@H]2CS(=O)(=O)C[C@@H]2N1c1ccccc1Cl. The molecule has 0 N–H and O–H groups in total. The van der Waals surface area contributed by atoms with Crippen molar-refractivity contribution in [1.82, 2.24) is 0 Å². The fourth-order valence-electron chi connectivity index (χ4n) is 2.86. The van der Waals surface area contributed by atoms with E-state index in [1.807, 2.05) is 0 Å². The third kappa shape index (κ3) is 3.99. The van der Waals surface area contributed by atoms with Crippen LogP contribution < -0.4 is 10.0 Å². The molecule has 1 amide bonds. The normalized spacial score (nSPS) is 26.0. The van der Waals surface area contributed by atoms with Gasteiger partial charge in [0.25, 0.3) is 0 Å². The van der Waals surface area contributed by atoms with E-state index in [0.29, 0.717) is 15.9 Å². The van der Waals surface area contributed by atoms with E-state index in [9.17, 15) is 23.1 Å². The quantitative estimate of drug-likeness (QED) is 0.721. The Hall–Kier alpha value is -1.58. The third-order valence-corrected chi connectivity index (χ3v) is 7.47. The van der Waals surface area contributed by atoms with Gasteiger partial charge in [0.2, 0.25) is 5.91 Å². The van der Waals surface area contributed by atoms with Crippen molar-refractivity contribution in [3.63, 3.8) is 0 Å². The summed E-state index contributed by atoms with van der Waals surface area (Å²) < 4.78 is 23.9. The van der Waals surface area contributed by atoms with Gasteiger partial charge in [-0.2, -0.15) is 4.99 Å². The van der Waals surface area contributed by atoms with E-state index in [1.54, 1.807) is 29.2 Å². The number of aliphatic carboxylic acids is 1. The first kappa shape index (κ1) is 18.2. The molecule has 1 aromatic rings. The first-order valence-electron chi connectivity index (χ1n) is 7.49. The lowest BCUT2D eigenvalue weighted by molar-refractivity contribution is -0.305. The molecular weight excluding hydrogens is 388 g/mol. The number of carboxylic acid groups (broad SMARTS) is 1. The summed E-state index contributed by atoms with van der Waals surface area (Å²) in [6, 6.07) is 6.56. The molecule has 0 radical (unpaired) electrons. The fourth-order valence-corrected chi connectivity index (χ4v) is 7.02. The molecule has 0 unspecified atom stereocenters. The van der Waals surface area contributed by atoms with Crippen LogP contribution in [0.2, 0.25) is 5.02 Å². The molecule has 0 aliphatic carbocycles. The van der Waals surface area contributed by atoms with Gasteiger partial charge in [0.1, 0.15) is 0 Å². The summed E-state index contributed by atoms with van der Waals surface area (Å²) in [5.74, 6) is -1.94. The number of carbonyl (C=O) groups excluding carboxylic acids is 2. The van der Waals surface area contributed by atoms with Crippen molar-refractivity contribution in [3.8, 4) is 0 Å². The molecule has 7 nitrogen and oxygen atoms in total. The van der Waals surface area contributed by atoms with Gasteiger partial charge in [0.05, 0.1) is 28.3 Å². The van der Waals surface area contributed by atoms with Crippen LogP contribution in [0.3, 0.4) is 0 Å². The van der Waals surface area contributed by atoms with Crippen LogP contribution in [0.4, 0.5) is 5.69 Å². The number of carbonyl (C=O) groups is 2. The van der Waals surface area contributed by atoms with Gasteiger partial charge < -0.3 is 14.8 Å². The Labute approximate surface area is 154 Å². The molecule has 134 valence electrons. The molecule has 2 heterocycles. The molecule has 2 aliphatic rings. The molecule has 10 heteroatoms. The monoisotopic (exact) mass is 401 g/mol. The second-order valence-corrected chi connectivity index (χ2v) is 9.55. The van der Waals surface area contributed by atoms with Crippen LogP contribution in [0.1, 0.15) is 12.8 Å². The number of nitrogens with zero attached hydrogens (tertiary/aromatic N) is 2. The molecule has 3 rings (SSSR count). The minimum absolute atomic E-state index is 0.00947. The molecule has 2 aliphatic heterocycles. The number of para-hydroxylation sites is 1. The molecule has 2 saturated heterocycles. The summed E-state index contributed by atoms with van der Waals surface area (Å²) in [6.45, 7) is 0. The average Bonchev–Trinajstić information content (AvgIpc) is 2.97. The van der Waals surface area contributed by atoms with Gasteiger partial charge in [-0.3, -0.25) is 4.79 Å². The molecule has 0 bridgehead atoms. The minimum atomic E-state index is -3.16. The Morgan fingerprint density at radius 3 is 2.68 bits per heavy atom. The smallest absolute Gasteiger partial charge is 0.248 e. The van der Waals surface area contributed by atoms with Gasteiger partial charge in [0.15, 0.2) is 15.0 Å². The van der Waals surface area contributed by atoms with Crippen molar-refractivity contribution in [2.24, 2.45) is 4.99 Å². The summed E-state index contributed by atoms with van der Waals surface area (Å²) in [6.07, 6.45) is -0.677. The van der Waals surface area contributed by atoms with E-state index in [0.717, 1.165) is 0 Å². The number of rotatable bonds is 4. The molecular formula is C15H14ClN2O5S2-. The van der Waals surface area contributed by atoms with Crippen molar-refractivity contribution in [2.75, 3.05) is 16.4 Å². The van der Waals surface area contributed by atoms with Crippen molar-refractivity contribution in [1.29, 1.82) is 0 Å². The highest BCUT2D eigenvalue weighted by atomic mass is 35.5. The largest absolute Gasteiger partial charge is 0.550 e. The highest BCUT2D eigenvalue weighted by molar-refractivity contribution is 8.16. The highest BCUT2D eigenvalue weighted by Crippen LogP contribution is 2.42. The van der Waals surface area contributed by atoms with E-state index >= 15 is 0 Å². The van der Waals surface area contributed by atoms with Gasteiger partial charge in [0, 0.05) is 17.6 Å². The van der Waals surface area contributed by atoms with E-state index in [4.69, 9.17) is 11.6 Å². The summed E-state index contributed by atoms with van der Waals surface area (Å²) in [4.78, 5) is 28.1. The Balaban J connectivity index is 1.94. The number of thioether (sulfide) groups is 1. The lowest BCUT2D eigenvalue weighted by Crippen LogP contribution is -2.38. The van der Waals surface area contributed by atoms with Crippen molar-refractivity contribution < 1.29 is 23.1 Å². The minimum Gasteiger partial charge on any atom is -0.550 e. The number of halogens is 1. The predicted octanol–water partition coefficient (Wildman–Crippen LogP) is 0.472. The maximum absolute atomic E-state index is 12.0. The number of anilines is 1. The van der Waals surface area contributed by atoms with Crippen LogP contribution in [0.25, 0.3) is 0 Å². The van der Waals surface area contributed by atoms with Crippen molar-refractivity contribution in [2.45, 2.75) is 24.1 Å². The number of amidine groups is 1. The second kappa shape index (κ2) is 6.97. The maximum atomic E-state index is 12.0. The summed E-state index contributed by atoms with van der Waals surface area (Å²) >= 11 is 7.46. The van der Waals surface area contributed by atoms with Crippen LogP contribution in [-0.2, 0) is 19.4 Å². The van der Waals surface area contributed by atoms with Gasteiger partial charge >= 0.3 is 0 Å². The second-order valence-electron chi connectivity index (χ2n) is 5.78. The molecule has 2 fully saturated rings. The number of amides is 1. The van der Waals surface area contributed by atoms with E-state index < -0.39 is 28.1 Å². The zero-order valence-corrected chi connectivity index (χ0v) is 15.3. The van der Waals surface area contributed by atoms with E-state index in [1.165, 1.54) is 11.8 Å². The van der Waals surface area contributed by atoms with Crippen LogP contribution in [0.5, 0.6) is 0 Å². The van der Waals surface area contributed by atoms with Gasteiger partial charge in [-0.1, -0.05) is 35.5 Å². The first-order valence-corrected chi connectivity index (χ1v) is 10.6. The van der Waals surface area contributed by atoms with Crippen molar-refractivity contribution >= 4 is 55.9 Å². The maximum Gasteiger partial charge on any atom is 0.248 e. The number of benzene rings is 1. The van der Waals surface area contributed by atoms with Crippen LogP contribution in [0, 0.1) is 0 Å². The molecule has 0 spiro atoms. The number of carboxylic acids is 1. The number of sulfone groups is 1. The number of hydrogen-bond acceptors (Lipinski definition) is 6. The number of fused-ring (bicyclic) bond motifs is 1. The van der Waals surface area contributed by atoms with Crippen LogP contribution in [-0.4, -0.2) is 48.3 Å². The zero-order valence-electron chi connectivity index (χ0n) is 12.9. The van der Waals surface area contributed by atoms with E-state index in [-0.39, 0.29) is 29.2 Å². The third-order valence-electron chi connectivity index (χ3n) is 3.94. The highest BCUT2D eigenvalue weighted by Gasteiger charge is 2.49. The molecule has 0 aromatic heterocycles. The van der Waals surface area contributed by atoms with Crippen LogP contribution >= 0.6 is 23.4 Å². The Kier molecular flexibility index (Phi) is 5.08. The molecule has 0 saturated carbocycles. The first-order chi connectivity index (χ1) is 11.8. The molecule has 25 heavy (non-hydrogen) atoms. The topological polar surface area (TPSA) is 107 Å². The summed E-state index contributed by atoms with van der Waals surface area (Å²) in [5.41, 5.74) is 0.577. The lowest BCUT2D eigenvalue weighted by atomic mass is 10.2. The van der Waals surface area contributed by atoms with Crippen LogP contribution in [0.15, 0.2) is 29.3 Å². The Morgan fingerprint density at radius 1 is 1.28 bits per heavy atom. The molecule has 1 aromatic carbocycles. The molecule has 2 atom stereocenters. The summed E-state index contributed by atoms with van der Waals surface area (Å²) in [7, 11) is -3.16. The lowest BCUT2D eigenvalue weighted by Gasteiger charge is -2.25. The van der Waals surface area contributed by atoms with E-state index in [2.05, 4.69) is 4.99 Å². The zero-order chi connectivity index (χ0) is 18.2. The Morgan fingerprint density at radius 2 is 2.00 bits per heavy atom.